The van der Waals surface area contributed by atoms with E-state index in [-0.39, 0.29) is 35.5 Å². The SMILES string of the molecule is Cc1cc(C)cc(C(=O)NCC(=O)N(C)Cc2c(F)cccc2Cl)c1. The molecule has 1 N–H and O–H groups in total. The van der Waals surface area contributed by atoms with Gasteiger partial charge >= 0.3 is 0 Å². The van der Waals surface area contributed by atoms with E-state index in [1.54, 1.807) is 18.2 Å². The van der Waals surface area contributed by atoms with Gasteiger partial charge in [-0.2, -0.15) is 0 Å². The Morgan fingerprint density at radius 1 is 1.16 bits per heavy atom. The number of aryl methyl sites for hydroxylation is 2. The Kier molecular flexibility index (Phi) is 6.15. The third kappa shape index (κ3) is 5.03. The van der Waals surface area contributed by atoms with Gasteiger partial charge in [0.25, 0.3) is 5.91 Å². The molecule has 25 heavy (non-hydrogen) atoms. The molecule has 0 fully saturated rings. The first-order chi connectivity index (χ1) is 11.8. The maximum Gasteiger partial charge on any atom is 0.251 e. The maximum atomic E-state index is 13.8. The Bertz CT molecular complexity index is 768. The number of nitrogens with one attached hydrogen (secondary N) is 1. The van der Waals surface area contributed by atoms with Crippen LogP contribution in [0.1, 0.15) is 27.0 Å². The smallest absolute Gasteiger partial charge is 0.251 e. The van der Waals surface area contributed by atoms with E-state index in [0.29, 0.717) is 5.56 Å². The van der Waals surface area contributed by atoms with Crippen molar-refractivity contribution in [2.24, 2.45) is 0 Å². The molecule has 4 nitrogen and oxygen atoms in total. The number of hydrogen-bond acceptors (Lipinski definition) is 2. The molecular weight excluding hydrogens is 343 g/mol. The lowest BCUT2D eigenvalue weighted by Crippen LogP contribution is -2.38. The Morgan fingerprint density at radius 3 is 2.40 bits per heavy atom. The summed E-state index contributed by atoms with van der Waals surface area (Å²) in [5.41, 5.74) is 2.70. The van der Waals surface area contributed by atoms with Crippen LogP contribution in [-0.2, 0) is 11.3 Å². The van der Waals surface area contributed by atoms with Gasteiger partial charge in [-0.3, -0.25) is 9.59 Å². The van der Waals surface area contributed by atoms with Crippen LogP contribution in [0.4, 0.5) is 4.39 Å². The summed E-state index contributed by atoms with van der Waals surface area (Å²) >= 11 is 5.97. The average molecular weight is 363 g/mol. The number of nitrogens with zero attached hydrogens (tertiary/aromatic N) is 1. The molecule has 0 radical (unpaired) electrons. The van der Waals surface area contributed by atoms with Crippen molar-refractivity contribution in [2.75, 3.05) is 13.6 Å². The highest BCUT2D eigenvalue weighted by Crippen LogP contribution is 2.20. The molecule has 2 rings (SSSR count). The van der Waals surface area contributed by atoms with Crippen LogP contribution < -0.4 is 5.32 Å². The lowest BCUT2D eigenvalue weighted by atomic mass is 10.1. The molecule has 132 valence electrons. The molecule has 0 aliphatic carbocycles. The summed E-state index contributed by atoms with van der Waals surface area (Å²) in [6.07, 6.45) is 0. The highest BCUT2D eigenvalue weighted by atomic mass is 35.5. The zero-order chi connectivity index (χ0) is 18.6. The van der Waals surface area contributed by atoms with Crippen molar-refractivity contribution in [3.63, 3.8) is 0 Å². The third-order valence-electron chi connectivity index (χ3n) is 3.77. The minimum atomic E-state index is -0.466. The number of amides is 2. The lowest BCUT2D eigenvalue weighted by Gasteiger charge is -2.19. The Morgan fingerprint density at radius 2 is 1.80 bits per heavy atom. The topological polar surface area (TPSA) is 49.4 Å². The largest absolute Gasteiger partial charge is 0.343 e. The predicted octanol–water partition coefficient (Wildman–Crippen LogP) is 3.48. The molecule has 0 atom stereocenters. The summed E-state index contributed by atoms with van der Waals surface area (Å²) in [5.74, 6) is -1.12. The number of likely N-dealkylation sites (N-methyl/N-ethyl adjacent to an activating group) is 1. The predicted molar refractivity (Wildman–Crippen MR) is 96.1 cm³/mol. The van der Waals surface area contributed by atoms with E-state index in [2.05, 4.69) is 5.32 Å². The van der Waals surface area contributed by atoms with Crippen molar-refractivity contribution in [3.8, 4) is 0 Å². The maximum absolute atomic E-state index is 13.8. The van der Waals surface area contributed by atoms with Gasteiger partial charge in [0.2, 0.25) is 5.91 Å². The fourth-order valence-electron chi connectivity index (χ4n) is 2.51. The number of carbonyl (C=O) groups excluding carboxylic acids is 2. The molecule has 0 aliphatic heterocycles. The molecule has 0 heterocycles. The second-order valence-electron chi connectivity index (χ2n) is 6.01. The normalized spacial score (nSPS) is 10.4. The van der Waals surface area contributed by atoms with Crippen LogP contribution in [0.2, 0.25) is 5.02 Å². The van der Waals surface area contributed by atoms with Crippen molar-refractivity contribution in [3.05, 3.63) is 69.5 Å². The first-order valence-corrected chi connectivity index (χ1v) is 8.19. The molecular formula is C19H20ClFN2O2. The van der Waals surface area contributed by atoms with Gasteiger partial charge in [-0.15, -0.1) is 0 Å². The van der Waals surface area contributed by atoms with Crippen LogP contribution in [-0.4, -0.2) is 30.3 Å². The van der Waals surface area contributed by atoms with Crippen molar-refractivity contribution in [1.82, 2.24) is 10.2 Å². The third-order valence-corrected chi connectivity index (χ3v) is 4.12. The van der Waals surface area contributed by atoms with Crippen LogP contribution >= 0.6 is 11.6 Å². The van der Waals surface area contributed by atoms with E-state index >= 15 is 0 Å². The van der Waals surface area contributed by atoms with Crippen molar-refractivity contribution >= 4 is 23.4 Å². The molecule has 0 spiro atoms. The summed E-state index contributed by atoms with van der Waals surface area (Å²) in [6, 6.07) is 9.85. The first-order valence-electron chi connectivity index (χ1n) is 7.81. The minimum Gasteiger partial charge on any atom is -0.343 e. The van der Waals surface area contributed by atoms with Gasteiger partial charge in [0.05, 0.1) is 6.54 Å². The summed E-state index contributed by atoms with van der Waals surface area (Å²) in [6.45, 7) is 3.67. The van der Waals surface area contributed by atoms with Crippen molar-refractivity contribution < 1.29 is 14.0 Å². The van der Waals surface area contributed by atoms with Gasteiger partial charge in [0.15, 0.2) is 0 Å². The fraction of sp³-hybridized carbons (Fsp3) is 0.263. The van der Waals surface area contributed by atoms with Gasteiger partial charge in [0, 0.05) is 29.7 Å². The second-order valence-corrected chi connectivity index (χ2v) is 6.42. The molecule has 0 bridgehead atoms. The molecule has 0 unspecified atom stereocenters. The van der Waals surface area contributed by atoms with Crippen LogP contribution in [0, 0.1) is 19.7 Å². The number of halogens is 2. The van der Waals surface area contributed by atoms with Gasteiger partial charge in [-0.1, -0.05) is 34.9 Å². The van der Waals surface area contributed by atoms with E-state index in [4.69, 9.17) is 11.6 Å². The van der Waals surface area contributed by atoms with E-state index in [1.807, 2.05) is 19.9 Å². The molecule has 0 aliphatic rings. The number of carbonyl (C=O) groups is 2. The highest BCUT2D eigenvalue weighted by molar-refractivity contribution is 6.31. The van der Waals surface area contributed by atoms with Crippen molar-refractivity contribution in [1.29, 1.82) is 0 Å². The Hall–Kier alpha value is -2.40. The first kappa shape index (κ1) is 18.9. The van der Waals surface area contributed by atoms with E-state index in [9.17, 15) is 14.0 Å². The molecule has 2 aromatic rings. The summed E-state index contributed by atoms with van der Waals surface area (Å²) in [7, 11) is 1.54. The molecule has 0 saturated carbocycles. The summed E-state index contributed by atoms with van der Waals surface area (Å²) in [4.78, 5) is 25.7. The number of benzene rings is 2. The van der Waals surface area contributed by atoms with Crippen molar-refractivity contribution in [2.45, 2.75) is 20.4 Å². The van der Waals surface area contributed by atoms with Gasteiger partial charge < -0.3 is 10.2 Å². The van der Waals surface area contributed by atoms with Crippen LogP contribution in [0.3, 0.4) is 0 Å². The standard InChI is InChI=1S/C19H20ClFN2O2/c1-12-7-13(2)9-14(8-12)19(25)22-10-18(24)23(3)11-15-16(20)5-4-6-17(15)21/h4-9H,10-11H2,1-3H3,(H,22,25). The van der Waals surface area contributed by atoms with E-state index < -0.39 is 5.82 Å². The average Bonchev–Trinajstić information content (AvgIpc) is 2.54. The summed E-state index contributed by atoms with van der Waals surface area (Å²) < 4.78 is 13.8. The Labute approximate surface area is 151 Å². The van der Waals surface area contributed by atoms with E-state index in [0.717, 1.165) is 11.1 Å². The summed E-state index contributed by atoms with van der Waals surface area (Å²) in [5, 5.41) is 2.86. The zero-order valence-electron chi connectivity index (χ0n) is 14.4. The Balaban J connectivity index is 1.96. The van der Waals surface area contributed by atoms with Gasteiger partial charge in [-0.25, -0.2) is 4.39 Å². The van der Waals surface area contributed by atoms with Gasteiger partial charge in [-0.05, 0) is 38.1 Å². The fourth-order valence-corrected chi connectivity index (χ4v) is 2.73. The second kappa shape index (κ2) is 8.12. The van der Waals surface area contributed by atoms with Crippen LogP contribution in [0.5, 0.6) is 0 Å². The molecule has 6 heteroatoms. The van der Waals surface area contributed by atoms with Gasteiger partial charge in [0.1, 0.15) is 5.82 Å². The number of rotatable bonds is 5. The lowest BCUT2D eigenvalue weighted by molar-refractivity contribution is -0.129. The zero-order valence-corrected chi connectivity index (χ0v) is 15.2. The molecule has 2 amide bonds. The molecule has 0 aromatic heterocycles. The van der Waals surface area contributed by atoms with E-state index in [1.165, 1.54) is 24.1 Å². The number of hydrogen-bond donors (Lipinski definition) is 1. The minimum absolute atomic E-state index is 0.0315. The highest BCUT2D eigenvalue weighted by Gasteiger charge is 2.15. The molecule has 2 aromatic carbocycles. The monoisotopic (exact) mass is 362 g/mol. The quantitative estimate of drug-likeness (QED) is 0.885. The van der Waals surface area contributed by atoms with Crippen LogP contribution in [0.15, 0.2) is 36.4 Å². The molecule has 0 saturated heterocycles. The van der Waals surface area contributed by atoms with Crippen LogP contribution in [0.25, 0.3) is 0 Å².